The van der Waals surface area contributed by atoms with E-state index in [9.17, 15) is 19.6 Å². The second-order valence-corrected chi connectivity index (χ2v) is 11.5. The number of aryl methyl sites for hydroxylation is 1. The lowest BCUT2D eigenvalue weighted by Gasteiger charge is -2.41. The maximum absolute atomic E-state index is 14.6. The van der Waals surface area contributed by atoms with Gasteiger partial charge in [-0.2, -0.15) is 15.2 Å². The number of likely N-dealkylation sites (N-methyl/N-ethyl adjacent to an activating group) is 1. The Kier molecular flexibility index (Phi) is 7.73. The molecule has 2 saturated heterocycles. The number of aromatic nitrogens is 2. The molecule has 11 heteroatoms. The molecule has 2 fully saturated rings. The van der Waals surface area contributed by atoms with Crippen LogP contribution >= 0.6 is 0 Å². The first-order valence-electron chi connectivity index (χ1n) is 14.6. The van der Waals surface area contributed by atoms with Crippen molar-refractivity contribution < 1.29 is 19.0 Å². The van der Waals surface area contributed by atoms with Crippen molar-refractivity contribution in [2.75, 3.05) is 56.2 Å². The molecular weight excluding hydrogens is 537 g/mol. The number of rotatable bonds is 6. The van der Waals surface area contributed by atoms with Crippen molar-refractivity contribution in [3.8, 4) is 12.1 Å². The lowest BCUT2D eigenvalue weighted by Crippen LogP contribution is -2.55. The molecule has 0 saturated carbocycles. The van der Waals surface area contributed by atoms with Crippen molar-refractivity contribution in [1.29, 1.82) is 5.26 Å². The fraction of sp³-hybridized carbons (Fsp3) is 0.484. The summed E-state index contributed by atoms with van der Waals surface area (Å²) in [6, 6.07) is 11.7. The fourth-order valence-electron chi connectivity index (χ4n) is 6.64. The minimum atomic E-state index is -1.01. The van der Waals surface area contributed by atoms with E-state index in [0.717, 1.165) is 52.9 Å². The molecule has 1 aromatic heterocycles. The highest BCUT2D eigenvalue weighted by atomic mass is 19.1. The van der Waals surface area contributed by atoms with Gasteiger partial charge in [-0.1, -0.05) is 18.2 Å². The predicted octanol–water partition coefficient (Wildman–Crippen LogP) is 4.20. The van der Waals surface area contributed by atoms with Crippen LogP contribution in [0.3, 0.4) is 0 Å². The Hall–Kier alpha value is -4.17. The van der Waals surface area contributed by atoms with E-state index in [1.54, 1.807) is 0 Å². The topological polar surface area (TPSA) is 109 Å². The van der Waals surface area contributed by atoms with Gasteiger partial charge in [0, 0.05) is 48.9 Å². The first-order valence-corrected chi connectivity index (χ1v) is 14.6. The summed E-state index contributed by atoms with van der Waals surface area (Å²) in [6.07, 6.45) is 1.96. The SMILES string of the molecule is Cc1c(F)ccc2cccc(N3CCc4c(nc(OC[C@@H]5CCCN5C)nc4N4CCN(C(=O)O)[C@@H](CC#N)C4)C3)c12. The predicted molar refractivity (Wildman–Crippen MR) is 158 cm³/mol. The van der Waals surface area contributed by atoms with Crippen LogP contribution in [0.4, 0.5) is 20.7 Å². The number of nitrogens with zero attached hydrogens (tertiary/aromatic N) is 7. The summed E-state index contributed by atoms with van der Waals surface area (Å²) in [5.74, 6) is 0.527. The lowest BCUT2D eigenvalue weighted by atomic mass is 9.99. The van der Waals surface area contributed by atoms with E-state index in [1.807, 2.05) is 31.2 Å². The zero-order valence-electron chi connectivity index (χ0n) is 24.1. The molecule has 0 radical (unpaired) electrons. The van der Waals surface area contributed by atoms with E-state index in [-0.39, 0.29) is 18.8 Å². The van der Waals surface area contributed by atoms with Crippen molar-refractivity contribution >= 4 is 28.4 Å². The number of halogens is 1. The van der Waals surface area contributed by atoms with E-state index in [4.69, 9.17) is 14.7 Å². The fourth-order valence-corrected chi connectivity index (χ4v) is 6.64. The van der Waals surface area contributed by atoms with Gasteiger partial charge in [-0.05, 0) is 62.9 Å². The van der Waals surface area contributed by atoms with Crippen molar-refractivity contribution in [3.63, 3.8) is 0 Å². The monoisotopic (exact) mass is 573 g/mol. The van der Waals surface area contributed by atoms with Gasteiger partial charge in [0.15, 0.2) is 0 Å². The van der Waals surface area contributed by atoms with Gasteiger partial charge in [-0.25, -0.2) is 9.18 Å². The molecule has 3 aliphatic rings. The molecule has 2 aromatic carbocycles. The zero-order chi connectivity index (χ0) is 29.4. The normalized spacial score (nSPS) is 21.0. The highest BCUT2D eigenvalue weighted by Gasteiger charge is 2.34. The molecule has 6 rings (SSSR count). The summed E-state index contributed by atoms with van der Waals surface area (Å²) >= 11 is 0. The Morgan fingerprint density at radius 2 is 2.00 bits per heavy atom. The number of hydrogen-bond acceptors (Lipinski definition) is 8. The van der Waals surface area contributed by atoms with Gasteiger partial charge in [0.05, 0.1) is 30.8 Å². The first-order chi connectivity index (χ1) is 20.3. The molecule has 0 bridgehead atoms. The number of fused-ring (bicyclic) bond motifs is 2. The molecule has 4 heterocycles. The number of carbonyl (C=O) groups is 1. The number of hydrogen-bond donors (Lipinski definition) is 1. The van der Waals surface area contributed by atoms with Crippen LogP contribution in [0.15, 0.2) is 30.3 Å². The molecular formula is C31H36FN7O3. The van der Waals surface area contributed by atoms with E-state index >= 15 is 0 Å². The van der Waals surface area contributed by atoms with Gasteiger partial charge >= 0.3 is 12.1 Å². The van der Waals surface area contributed by atoms with Gasteiger partial charge in [0.1, 0.15) is 18.2 Å². The van der Waals surface area contributed by atoms with Crippen LogP contribution in [0.2, 0.25) is 0 Å². The summed E-state index contributed by atoms with van der Waals surface area (Å²) in [5, 5.41) is 21.0. The maximum atomic E-state index is 14.6. The Morgan fingerprint density at radius 1 is 1.14 bits per heavy atom. The summed E-state index contributed by atoms with van der Waals surface area (Å²) in [6.45, 7) is 5.69. The Labute approximate surface area is 244 Å². The Morgan fingerprint density at radius 3 is 2.76 bits per heavy atom. The summed E-state index contributed by atoms with van der Waals surface area (Å²) in [5.41, 5.74) is 3.46. The second kappa shape index (κ2) is 11.6. The van der Waals surface area contributed by atoms with Crippen molar-refractivity contribution in [1.82, 2.24) is 19.8 Å². The highest BCUT2D eigenvalue weighted by Crippen LogP contribution is 2.36. The average molecular weight is 574 g/mol. The van der Waals surface area contributed by atoms with E-state index < -0.39 is 12.1 Å². The number of nitriles is 1. The molecule has 1 amide bonds. The summed E-state index contributed by atoms with van der Waals surface area (Å²) < 4.78 is 20.8. The van der Waals surface area contributed by atoms with Crippen molar-refractivity contribution in [3.05, 3.63) is 53.0 Å². The van der Waals surface area contributed by atoms with E-state index in [1.165, 1.54) is 11.0 Å². The molecule has 0 spiro atoms. The molecule has 0 unspecified atom stereocenters. The quantitative estimate of drug-likeness (QED) is 0.464. The molecule has 220 valence electrons. The third-order valence-electron chi connectivity index (χ3n) is 9.01. The third kappa shape index (κ3) is 5.27. The number of carboxylic acid groups (broad SMARTS) is 1. The maximum Gasteiger partial charge on any atom is 0.407 e. The molecule has 42 heavy (non-hydrogen) atoms. The number of ether oxygens (including phenoxy) is 1. The Bertz CT molecular complexity index is 1540. The van der Waals surface area contributed by atoms with Gasteiger partial charge in [-0.3, -0.25) is 0 Å². The number of likely N-dealkylation sites (tertiary alicyclic amines) is 1. The summed E-state index contributed by atoms with van der Waals surface area (Å²) in [7, 11) is 2.10. The van der Waals surface area contributed by atoms with Crippen LogP contribution in [0, 0.1) is 24.1 Å². The molecule has 0 aliphatic carbocycles. The van der Waals surface area contributed by atoms with Gasteiger partial charge < -0.3 is 29.4 Å². The largest absolute Gasteiger partial charge is 0.465 e. The molecule has 3 aromatic rings. The standard InChI is InChI=1S/C31H36FN7O3/c1-20-25(32)9-8-21-5-3-7-27(28(20)21)37-14-11-24-26(18-37)34-30(42-19-23-6-4-13-36(23)2)35-29(24)38-15-16-39(31(40)41)22(17-38)10-12-33/h3,5,7-9,22-23H,4,6,10-11,13-19H2,1-2H3,(H,40,41)/t22-,23-/m0/s1. The van der Waals surface area contributed by atoms with Gasteiger partial charge in [0.2, 0.25) is 0 Å². The van der Waals surface area contributed by atoms with Crippen LogP contribution in [-0.2, 0) is 13.0 Å². The van der Waals surface area contributed by atoms with Crippen LogP contribution < -0.4 is 14.5 Å². The Balaban J connectivity index is 1.35. The lowest BCUT2D eigenvalue weighted by molar-refractivity contribution is 0.119. The molecule has 1 N–H and O–H groups in total. The van der Waals surface area contributed by atoms with Crippen LogP contribution in [-0.4, -0.2) is 89.4 Å². The molecule has 2 atom stereocenters. The van der Waals surface area contributed by atoms with Gasteiger partial charge in [0.25, 0.3) is 0 Å². The van der Waals surface area contributed by atoms with Crippen LogP contribution in [0.1, 0.15) is 36.1 Å². The smallest absolute Gasteiger partial charge is 0.407 e. The van der Waals surface area contributed by atoms with Crippen LogP contribution in [0.25, 0.3) is 10.8 Å². The summed E-state index contributed by atoms with van der Waals surface area (Å²) in [4.78, 5) is 29.6. The minimum Gasteiger partial charge on any atom is -0.465 e. The zero-order valence-corrected chi connectivity index (χ0v) is 24.1. The molecule has 10 nitrogen and oxygen atoms in total. The van der Waals surface area contributed by atoms with E-state index in [2.05, 4.69) is 27.8 Å². The van der Waals surface area contributed by atoms with Crippen molar-refractivity contribution in [2.24, 2.45) is 0 Å². The van der Waals surface area contributed by atoms with E-state index in [0.29, 0.717) is 56.8 Å². The second-order valence-electron chi connectivity index (χ2n) is 11.5. The van der Waals surface area contributed by atoms with Gasteiger partial charge in [-0.15, -0.1) is 0 Å². The number of benzene rings is 2. The van der Waals surface area contributed by atoms with Crippen molar-refractivity contribution in [2.45, 2.75) is 51.2 Å². The first kappa shape index (κ1) is 28.0. The minimum absolute atomic E-state index is 0.109. The third-order valence-corrected chi connectivity index (χ3v) is 9.01. The number of amides is 1. The number of anilines is 2. The average Bonchev–Trinajstić information content (AvgIpc) is 3.41. The highest BCUT2D eigenvalue weighted by molar-refractivity contribution is 5.97. The number of piperazine rings is 1. The molecule has 3 aliphatic heterocycles. The van der Waals surface area contributed by atoms with Crippen LogP contribution in [0.5, 0.6) is 6.01 Å².